The molecule has 12 aromatic carbocycles. The molecule has 0 spiro atoms. The first-order valence-electron chi connectivity index (χ1n) is 41.1. The first-order chi connectivity index (χ1) is 64.9. The van der Waals surface area contributed by atoms with E-state index in [9.17, 15) is 24.3 Å². The molecule has 133 heavy (non-hydrogen) atoms. The molecular weight excluding hydrogens is 1780 g/mol. The van der Waals surface area contributed by atoms with E-state index < -0.39 is 11.1 Å². The van der Waals surface area contributed by atoms with E-state index in [0.29, 0.717) is 99.2 Å². The van der Waals surface area contributed by atoms with Gasteiger partial charge in [0.2, 0.25) is 11.5 Å². The highest BCUT2D eigenvalue weighted by atomic mass is 35.5. The highest BCUT2D eigenvalue weighted by molar-refractivity contribution is 6.32. The van der Waals surface area contributed by atoms with Crippen LogP contribution in [0, 0.1) is 0 Å². The third-order valence-corrected chi connectivity index (χ3v) is 22.2. The largest absolute Gasteiger partial charge is 0.508 e. The normalized spacial score (nSPS) is 10.8. The first-order valence-corrected chi connectivity index (χ1v) is 43.0. The van der Waals surface area contributed by atoms with Gasteiger partial charge < -0.3 is 49.2 Å². The lowest BCUT2D eigenvalue weighted by atomic mass is 10.0. The summed E-state index contributed by atoms with van der Waals surface area (Å²) in [6.07, 6.45) is 28.1. The quantitative estimate of drug-likeness (QED) is 0.0458. The Morgan fingerprint density at radius 2 is 0.624 bits per heavy atom. The van der Waals surface area contributed by atoms with Crippen molar-refractivity contribution in [3.63, 3.8) is 0 Å². The van der Waals surface area contributed by atoms with Gasteiger partial charge in [0.05, 0.1) is 94.9 Å². The maximum atomic E-state index is 13.5. The van der Waals surface area contributed by atoms with Crippen molar-refractivity contribution in [2.24, 2.45) is 0 Å². The predicted octanol–water partition coefficient (Wildman–Crippen LogP) is 22.1. The Balaban J connectivity index is 0.000000124. The Kier molecular flexibility index (Phi) is 27.3. The van der Waals surface area contributed by atoms with Crippen molar-refractivity contribution in [3.05, 3.63) is 475 Å². The van der Waals surface area contributed by atoms with Crippen molar-refractivity contribution in [1.82, 2.24) is 77.3 Å². The van der Waals surface area contributed by atoms with Gasteiger partial charge in [0.15, 0.2) is 5.75 Å². The van der Waals surface area contributed by atoms with E-state index in [4.69, 9.17) is 73.2 Å². The molecule has 0 atom stereocenters. The van der Waals surface area contributed by atoms with Gasteiger partial charge in [-0.3, -0.25) is 19.2 Å². The smallest absolute Gasteiger partial charge is 0.316 e. The van der Waals surface area contributed by atoms with Crippen molar-refractivity contribution in [1.29, 1.82) is 0 Å². The third kappa shape index (κ3) is 21.2. The summed E-state index contributed by atoms with van der Waals surface area (Å²) >= 11 is 30.5. The van der Waals surface area contributed by atoms with Gasteiger partial charge in [-0.2, -0.15) is 39.1 Å². The van der Waals surface area contributed by atoms with E-state index in [-0.39, 0.29) is 28.4 Å². The summed E-state index contributed by atoms with van der Waals surface area (Å²) in [5.41, 5.74) is 20.4. The molecule has 0 saturated heterocycles. The maximum Gasteiger partial charge on any atom is 0.316 e. The molecule has 0 saturated carbocycles. The Morgan fingerprint density at radius 3 is 0.992 bits per heavy atom. The van der Waals surface area contributed by atoms with E-state index >= 15 is 0 Å². The Bertz CT molecular complexity index is 7400. The Morgan fingerprint density at radius 1 is 0.316 bits per heavy atom. The highest BCUT2D eigenvalue weighted by Crippen LogP contribution is 2.38. The zero-order valence-electron chi connectivity index (χ0n) is 70.0. The fraction of sp³-hybridized carbons (Fsp3) is 0.0196. The number of anilines is 5. The lowest BCUT2D eigenvalue weighted by molar-refractivity contribution is 0.465. The van der Waals surface area contributed by atoms with Crippen LogP contribution in [0.4, 0.5) is 28.4 Å². The van der Waals surface area contributed by atoms with Gasteiger partial charge in [0, 0.05) is 81.0 Å². The summed E-state index contributed by atoms with van der Waals surface area (Å²) in [6, 6.07) is 91.4. The maximum absolute atomic E-state index is 13.5. The molecule has 20 rings (SSSR count). The Labute approximate surface area is 784 Å². The second-order valence-corrected chi connectivity index (χ2v) is 31.7. The molecular formula is C102H74Cl5N19O7. The van der Waals surface area contributed by atoms with Gasteiger partial charge >= 0.3 is 11.1 Å². The Hall–Kier alpha value is -16.8. The summed E-state index contributed by atoms with van der Waals surface area (Å²) in [6.45, 7) is 0. The zero-order valence-corrected chi connectivity index (χ0v) is 73.7. The zero-order chi connectivity index (χ0) is 91.7. The van der Waals surface area contributed by atoms with Crippen LogP contribution < -0.4 is 48.1 Å². The molecule has 0 radical (unpaired) electrons. The number of nitrogens with zero attached hydrogens (tertiary/aromatic N) is 16. The molecule has 0 aliphatic carbocycles. The molecule has 0 aliphatic heterocycles. The number of aromatic hydroxyl groups is 1. The number of nitrogens with two attached hydrogens (primary N) is 1. The van der Waals surface area contributed by atoms with E-state index in [0.717, 1.165) is 57.6 Å². The number of imidazole rings is 4. The standard InChI is InChI=1S/C27H22ClN5O.C25H16Cl2N4O2.2C25H18ClN5O2/c28-22-10-14-24(15-11-22)33-27(34)26(25(18-30-33)32-17-16-29-19-32)31-23-12-8-21(9-13-23)7-6-20-4-2-1-3-5-20;26-19-7-9-20(10-8-19)31-25(32)24(22(15-29-31)30-13-12-28-16-30)33-23-11-6-18(14-21(23)27)17-4-2-1-3-5-17;26-19-5-9-21(10-6-19)31-25(33)24(23(15-28-31)30-14-13-27-16-30)29-20-7-1-17(2-8-20)18-3-11-22(32)12-4-18;26-19-7-9-20(10-8-19)31-25(32)24(22(15-29-31)30-13-12-28-16-30)33-23-11-6-18(14-21(23)27)17-4-2-1-3-5-17/h1-5,8-19,31H,6-7H2;1-16H;1-16,29,32H;1-16H,27H2. The van der Waals surface area contributed by atoms with Gasteiger partial charge in [-0.05, 0) is 215 Å². The lowest BCUT2D eigenvalue weighted by Gasteiger charge is -2.15. The van der Waals surface area contributed by atoms with Crippen molar-refractivity contribution in [3.8, 4) is 108 Å². The van der Waals surface area contributed by atoms with Crippen molar-refractivity contribution in [2.75, 3.05) is 16.4 Å². The second-order valence-electron chi connectivity index (χ2n) is 29.6. The first kappa shape index (κ1) is 88.3. The number of nitrogens with one attached hydrogen (secondary N) is 2. The number of rotatable bonds is 22. The van der Waals surface area contributed by atoms with Crippen LogP contribution >= 0.6 is 58.0 Å². The molecule has 0 amide bonds. The minimum Gasteiger partial charge on any atom is -0.508 e. The number of aryl methyl sites for hydroxylation is 2. The number of hydrogen-bond donors (Lipinski definition) is 4. The number of ether oxygens (including phenoxy) is 2. The van der Waals surface area contributed by atoms with Crippen molar-refractivity contribution in [2.45, 2.75) is 12.8 Å². The van der Waals surface area contributed by atoms with Crippen LogP contribution in [0.2, 0.25) is 25.1 Å². The molecule has 8 heterocycles. The number of phenolic OH excluding ortho intramolecular Hbond substituents is 1. The number of halogens is 5. The average molecular weight is 1860 g/mol. The molecule has 0 fully saturated rings. The lowest BCUT2D eigenvalue weighted by Crippen LogP contribution is -2.25. The topological polar surface area (TPSA) is 300 Å². The van der Waals surface area contributed by atoms with Crippen LogP contribution in [0.5, 0.6) is 28.7 Å². The second kappa shape index (κ2) is 41.1. The number of phenols is 1. The summed E-state index contributed by atoms with van der Waals surface area (Å²) in [7, 11) is 0. The third-order valence-electron chi connectivity index (χ3n) is 20.9. The molecule has 0 aliphatic rings. The summed E-state index contributed by atoms with van der Waals surface area (Å²) in [5, 5.41) is 36.1. The predicted molar refractivity (Wildman–Crippen MR) is 522 cm³/mol. The van der Waals surface area contributed by atoms with Crippen LogP contribution in [-0.4, -0.2) is 82.4 Å². The fourth-order valence-corrected chi connectivity index (χ4v) is 14.8. The van der Waals surface area contributed by atoms with E-state index in [1.165, 1.54) is 29.9 Å². The summed E-state index contributed by atoms with van der Waals surface area (Å²) in [5.74, 6) is 1.06. The fourth-order valence-electron chi connectivity index (χ4n) is 14.0. The molecule has 8 aromatic heterocycles. The molecule has 31 heteroatoms. The number of nitrogen functional groups attached to an aromatic ring is 1. The van der Waals surface area contributed by atoms with Gasteiger partial charge in [-0.25, -0.2) is 19.9 Å². The minimum atomic E-state index is -0.452. The van der Waals surface area contributed by atoms with Crippen molar-refractivity contribution >= 4 is 86.4 Å². The van der Waals surface area contributed by atoms with Crippen molar-refractivity contribution < 1.29 is 14.6 Å². The van der Waals surface area contributed by atoms with E-state index in [1.54, 1.807) is 239 Å². The van der Waals surface area contributed by atoms with Gasteiger partial charge in [-0.1, -0.05) is 198 Å². The number of aromatic nitrogens is 16. The van der Waals surface area contributed by atoms with Crippen LogP contribution in [0.3, 0.4) is 0 Å². The molecule has 0 unspecified atom stereocenters. The summed E-state index contributed by atoms with van der Waals surface area (Å²) < 4.78 is 24.2. The summed E-state index contributed by atoms with van der Waals surface area (Å²) in [4.78, 5) is 70.1. The van der Waals surface area contributed by atoms with E-state index in [1.807, 2.05) is 140 Å². The SMILES string of the molecule is Nc1cc(-c2ccccc2)ccc1Oc1c(-n2ccnc2)cnn(-c2ccc(Cl)cc2)c1=O.O=c1c(Nc2ccc(-c3ccc(O)cc3)cc2)c(-n2ccnc2)cnn1-c1ccc(Cl)cc1.O=c1c(Nc2ccc(CCc3ccccc3)cc2)c(-n2ccnc2)cnn1-c1ccc(Cl)cc1.O=c1c(Oc2ccc(-c3ccccc3)cc2Cl)c(-n2ccnc2)cnn1-c1ccc(Cl)cc1. The minimum absolute atomic E-state index is 0.0623. The van der Waals surface area contributed by atoms with Crippen LogP contribution in [-0.2, 0) is 12.8 Å². The van der Waals surface area contributed by atoms with Crippen LogP contribution in [0.15, 0.2) is 416 Å². The van der Waals surface area contributed by atoms with Gasteiger partial charge in [0.25, 0.3) is 11.1 Å². The van der Waals surface area contributed by atoms with Gasteiger partial charge in [-0.15, -0.1) is 0 Å². The van der Waals surface area contributed by atoms with Crippen LogP contribution in [0.1, 0.15) is 11.1 Å². The molecule has 654 valence electrons. The molecule has 26 nitrogen and oxygen atoms in total. The number of hydrogen-bond acceptors (Lipinski definition) is 18. The van der Waals surface area contributed by atoms with Crippen LogP contribution in [0.25, 0.3) is 78.9 Å². The molecule has 0 bridgehead atoms. The number of benzene rings is 12. The molecule has 5 N–H and O–H groups in total. The van der Waals surface area contributed by atoms with Gasteiger partial charge in [0.1, 0.15) is 34.2 Å². The molecule has 20 aromatic rings. The van der Waals surface area contributed by atoms with E-state index in [2.05, 4.69) is 87.4 Å². The highest BCUT2D eigenvalue weighted by Gasteiger charge is 2.23. The monoisotopic (exact) mass is 1850 g/mol. The average Bonchev–Trinajstić information content (AvgIpc) is 1.79.